The number of carbonyl (C=O) groups is 1. The Kier molecular flexibility index (Phi) is 2.80. The van der Waals surface area contributed by atoms with Crippen LogP contribution in [-0.2, 0) is 11.8 Å². The smallest absolute Gasteiger partial charge is 0.254 e. The molecule has 1 aromatic heterocycles. The Hall–Kier alpha value is -1.81. The van der Waals surface area contributed by atoms with Crippen molar-refractivity contribution in [3.8, 4) is 0 Å². The molecule has 2 aromatic rings. The summed E-state index contributed by atoms with van der Waals surface area (Å²) in [5, 5.41) is 1.16. The molecule has 94 valence electrons. The molecule has 0 saturated carbocycles. The maximum absolute atomic E-state index is 12.3. The third-order valence-electron chi connectivity index (χ3n) is 3.43. The Bertz CT molecular complexity index is 582. The summed E-state index contributed by atoms with van der Waals surface area (Å²) in [4.78, 5) is 14.2. The summed E-state index contributed by atoms with van der Waals surface area (Å²) >= 11 is 0. The highest BCUT2D eigenvalue weighted by atomic mass is 16.5. The molecule has 2 heterocycles. The molecular formula is C14H16N2O2. The van der Waals surface area contributed by atoms with Gasteiger partial charge in [-0.25, -0.2) is 0 Å². The van der Waals surface area contributed by atoms with Gasteiger partial charge in [-0.1, -0.05) is 6.07 Å². The minimum atomic E-state index is 0.0985. The Morgan fingerprint density at radius 1 is 1.22 bits per heavy atom. The molecule has 1 aromatic carbocycles. The fraction of sp³-hybridized carbons (Fsp3) is 0.357. The number of morpholine rings is 1. The van der Waals surface area contributed by atoms with Crippen molar-refractivity contribution < 1.29 is 9.53 Å². The van der Waals surface area contributed by atoms with Gasteiger partial charge in [-0.3, -0.25) is 4.79 Å². The zero-order valence-electron chi connectivity index (χ0n) is 10.4. The van der Waals surface area contributed by atoms with E-state index in [2.05, 4.69) is 6.07 Å². The van der Waals surface area contributed by atoms with Gasteiger partial charge in [0.15, 0.2) is 0 Å². The van der Waals surface area contributed by atoms with Gasteiger partial charge in [0, 0.05) is 37.4 Å². The zero-order valence-corrected chi connectivity index (χ0v) is 10.4. The molecule has 1 amide bonds. The number of rotatable bonds is 1. The number of hydrogen-bond donors (Lipinski definition) is 0. The van der Waals surface area contributed by atoms with Crippen LogP contribution in [0.1, 0.15) is 10.4 Å². The second-order valence-electron chi connectivity index (χ2n) is 4.60. The van der Waals surface area contributed by atoms with Crippen molar-refractivity contribution in [2.75, 3.05) is 26.3 Å². The monoisotopic (exact) mass is 244 g/mol. The van der Waals surface area contributed by atoms with E-state index in [1.54, 1.807) is 0 Å². The second kappa shape index (κ2) is 4.46. The van der Waals surface area contributed by atoms with Crippen LogP contribution in [0.2, 0.25) is 0 Å². The lowest BCUT2D eigenvalue weighted by Crippen LogP contribution is -2.40. The molecule has 0 N–H and O–H groups in total. The molecule has 3 rings (SSSR count). The van der Waals surface area contributed by atoms with Gasteiger partial charge in [-0.05, 0) is 23.6 Å². The molecule has 1 saturated heterocycles. The van der Waals surface area contributed by atoms with Crippen molar-refractivity contribution in [1.29, 1.82) is 0 Å². The third-order valence-corrected chi connectivity index (χ3v) is 3.43. The molecule has 4 nitrogen and oxygen atoms in total. The van der Waals surface area contributed by atoms with E-state index < -0.39 is 0 Å². The molecular weight excluding hydrogens is 228 g/mol. The van der Waals surface area contributed by atoms with Crippen LogP contribution in [0.25, 0.3) is 10.9 Å². The highest BCUT2D eigenvalue weighted by Gasteiger charge is 2.18. The van der Waals surface area contributed by atoms with Crippen LogP contribution >= 0.6 is 0 Å². The van der Waals surface area contributed by atoms with Gasteiger partial charge in [0.1, 0.15) is 0 Å². The number of benzene rings is 1. The number of amides is 1. The molecule has 0 bridgehead atoms. The second-order valence-corrected chi connectivity index (χ2v) is 4.60. The summed E-state index contributed by atoms with van der Waals surface area (Å²) < 4.78 is 7.30. The number of aromatic nitrogens is 1. The van der Waals surface area contributed by atoms with Crippen molar-refractivity contribution in [1.82, 2.24) is 9.47 Å². The van der Waals surface area contributed by atoms with Gasteiger partial charge in [0.05, 0.1) is 13.2 Å². The van der Waals surface area contributed by atoms with Crippen LogP contribution in [0.4, 0.5) is 0 Å². The van der Waals surface area contributed by atoms with Crippen LogP contribution in [0.5, 0.6) is 0 Å². The first-order chi connectivity index (χ1) is 8.75. The molecule has 0 radical (unpaired) electrons. The Morgan fingerprint density at radius 3 is 2.78 bits per heavy atom. The summed E-state index contributed by atoms with van der Waals surface area (Å²) in [6.07, 6.45) is 2.01. The molecule has 0 aliphatic carbocycles. The zero-order chi connectivity index (χ0) is 12.5. The summed E-state index contributed by atoms with van der Waals surface area (Å²) in [7, 11) is 1.99. The van der Waals surface area contributed by atoms with E-state index in [1.165, 1.54) is 0 Å². The highest BCUT2D eigenvalue weighted by molar-refractivity contribution is 5.98. The van der Waals surface area contributed by atoms with Gasteiger partial charge >= 0.3 is 0 Å². The summed E-state index contributed by atoms with van der Waals surface area (Å²) in [6, 6.07) is 7.93. The van der Waals surface area contributed by atoms with Crippen molar-refractivity contribution in [2.24, 2.45) is 7.05 Å². The first-order valence-electron chi connectivity index (χ1n) is 6.18. The number of carbonyl (C=O) groups excluding carboxylic acids is 1. The van der Waals surface area contributed by atoms with Crippen LogP contribution < -0.4 is 0 Å². The minimum absolute atomic E-state index is 0.0985. The maximum atomic E-state index is 12.3. The van der Waals surface area contributed by atoms with Gasteiger partial charge in [-0.2, -0.15) is 0 Å². The van der Waals surface area contributed by atoms with Crippen molar-refractivity contribution >= 4 is 16.8 Å². The lowest BCUT2D eigenvalue weighted by atomic mass is 10.1. The van der Waals surface area contributed by atoms with E-state index in [-0.39, 0.29) is 5.91 Å². The predicted molar refractivity (Wildman–Crippen MR) is 69.6 cm³/mol. The van der Waals surface area contributed by atoms with Crippen LogP contribution in [0, 0.1) is 0 Å². The molecule has 0 spiro atoms. The quantitative estimate of drug-likeness (QED) is 0.764. The molecule has 18 heavy (non-hydrogen) atoms. The number of ether oxygens (including phenoxy) is 1. The van der Waals surface area contributed by atoms with Gasteiger partial charge in [0.25, 0.3) is 5.91 Å². The van der Waals surface area contributed by atoms with Crippen molar-refractivity contribution in [3.63, 3.8) is 0 Å². The lowest BCUT2D eigenvalue weighted by Gasteiger charge is -2.26. The van der Waals surface area contributed by atoms with E-state index >= 15 is 0 Å². The first kappa shape index (κ1) is 11.3. The fourth-order valence-corrected chi connectivity index (χ4v) is 2.34. The first-order valence-corrected chi connectivity index (χ1v) is 6.18. The summed E-state index contributed by atoms with van der Waals surface area (Å²) in [5.41, 5.74) is 1.85. The largest absolute Gasteiger partial charge is 0.378 e. The van der Waals surface area contributed by atoms with E-state index in [9.17, 15) is 4.79 Å². The number of nitrogens with zero attached hydrogens (tertiary/aromatic N) is 2. The summed E-state index contributed by atoms with van der Waals surface area (Å²) in [6.45, 7) is 2.64. The van der Waals surface area contributed by atoms with Crippen LogP contribution in [-0.4, -0.2) is 41.7 Å². The molecule has 4 heteroatoms. The molecule has 1 fully saturated rings. The summed E-state index contributed by atoms with van der Waals surface area (Å²) in [5.74, 6) is 0.0985. The van der Waals surface area contributed by atoms with Gasteiger partial charge in [-0.15, -0.1) is 0 Å². The van der Waals surface area contributed by atoms with Gasteiger partial charge in [0.2, 0.25) is 0 Å². The van der Waals surface area contributed by atoms with E-state index in [1.807, 2.05) is 40.9 Å². The Morgan fingerprint density at radius 2 is 2.00 bits per heavy atom. The van der Waals surface area contributed by atoms with Crippen LogP contribution in [0.15, 0.2) is 30.5 Å². The number of aryl methyl sites for hydroxylation is 1. The average Bonchev–Trinajstić information content (AvgIpc) is 2.80. The molecule has 1 aliphatic heterocycles. The minimum Gasteiger partial charge on any atom is -0.378 e. The lowest BCUT2D eigenvalue weighted by molar-refractivity contribution is 0.0303. The van der Waals surface area contributed by atoms with E-state index in [4.69, 9.17) is 4.74 Å². The molecule has 1 aliphatic rings. The third kappa shape index (κ3) is 1.88. The van der Waals surface area contributed by atoms with E-state index in [0.29, 0.717) is 26.3 Å². The number of hydrogen-bond acceptors (Lipinski definition) is 2. The maximum Gasteiger partial charge on any atom is 0.254 e. The molecule has 0 atom stereocenters. The highest BCUT2D eigenvalue weighted by Crippen LogP contribution is 2.18. The van der Waals surface area contributed by atoms with Crippen LogP contribution in [0.3, 0.4) is 0 Å². The SMILES string of the molecule is Cn1ccc2ccc(C(=O)N3CCOCC3)cc21. The Balaban J connectivity index is 1.93. The van der Waals surface area contributed by atoms with Crippen molar-refractivity contribution in [2.45, 2.75) is 0 Å². The van der Waals surface area contributed by atoms with Gasteiger partial charge < -0.3 is 14.2 Å². The average molecular weight is 244 g/mol. The topological polar surface area (TPSA) is 34.5 Å². The molecule has 0 unspecified atom stereocenters. The standard InChI is InChI=1S/C14H16N2O2/c1-15-5-4-11-2-3-12(10-13(11)15)14(17)16-6-8-18-9-7-16/h2-5,10H,6-9H2,1H3. The number of fused-ring (bicyclic) bond motifs is 1. The predicted octanol–water partition coefficient (Wildman–Crippen LogP) is 1.65. The fourth-order valence-electron chi connectivity index (χ4n) is 2.34. The normalized spacial score (nSPS) is 16.2. The van der Waals surface area contributed by atoms with Crippen molar-refractivity contribution in [3.05, 3.63) is 36.0 Å². The van der Waals surface area contributed by atoms with E-state index in [0.717, 1.165) is 16.5 Å². The Labute approximate surface area is 106 Å².